The maximum absolute atomic E-state index is 8.71. The van der Waals surface area contributed by atoms with Crippen molar-refractivity contribution < 1.29 is 0 Å². The molecule has 0 atom stereocenters. The van der Waals surface area contributed by atoms with E-state index in [4.69, 9.17) is 10.4 Å². The van der Waals surface area contributed by atoms with E-state index >= 15 is 0 Å². The van der Waals surface area contributed by atoms with Gasteiger partial charge in [-0.3, -0.25) is 10.4 Å². The Balaban J connectivity index is 1.99. The number of nitrogens with zero attached hydrogens (tertiary/aromatic N) is 5. The molecule has 6 nitrogen and oxygen atoms in total. The van der Waals surface area contributed by atoms with Gasteiger partial charge in [0.2, 0.25) is 0 Å². The molecule has 3 rings (SSSR count). The SMILES string of the molecule is CCN(CC)CCn1cnc2c(c(C)c(C)n2Cc2ccncc2)c1=N. The lowest BCUT2D eigenvalue weighted by atomic mass is 10.2. The van der Waals surface area contributed by atoms with Crippen LogP contribution in [0.25, 0.3) is 11.0 Å². The molecule has 0 unspecified atom stereocenters. The highest BCUT2D eigenvalue weighted by molar-refractivity contribution is 5.80. The first-order chi connectivity index (χ1) is 12.6. The van der Waals surface area contributed by atoms with Crippen molar-refractivity contribution in [1.29, 1.82) is 5.41 Å². The highest BCUT2D eigenvalue weighted by Gasteiger charge is 2.15. The fourth-order valence-corrected chi connectivity index (χ4v) is 3.41. The van der Waals surface area contributed by atoms with E-state index in [1.54, 1.807) is 0 Å². The fourth-order valence-electron chi connectivity index (χ4n) is 3.41. The molecular formula is C20H28N6. The van der Waals surface area contributed by atoms with Gasteiger partial charge in [0, 0.05) is 37.7 Å². The second-order valence-corrected chi connectivity index (χ2v) is 6.66. The molecule has 6 heteroatoms. The molecule has 1 N–H and O–H groups in total. The third kappa shape index (κ3) is 3.42. The smallest absolute Gasteiger partial charge is 0.146 e. The molecule has 26 heavy (non-hydrogen) atoms. The van der Waals surface area contributed by atoms with Gasteiger partial charge in [0.05, 0.1) is 11.7 Å². The van der Waals surface area contributed by atoms with Gasteiger partial charge in [0.1, 0.15) is 11.1 Å². The molecule has 0 aliphatic heterocycles. The van der Waals surface area contributed by atoms with Crippen molar-refractivity contribution in [2.75, 3.05) is 19.6 Å². The Morgan fingerprint density at radius 3 is 2.46 bits per heavy atom. The number of fused-ring (bicyclic) bond motifs is 1. The van der Waals surface area contributed by atoms with Crippen LogP contribution in [-0.4, -0.2) is 43.6 Å². The molecule has 0 radical (unpaired) electrons. The molecule has 3 aromatic heterocycles. The van der Waals surface area contributed by atoms with Gasteiger partial charge in [0.15, 0.2) is 0 Å². The molecule has 3 aromatic rings. The summed E-state index contributed by atoms with van der Waals surface area (Å²) in [7, 11) is 0. The third-order valence-corrected chi connectivity index (χ3v) is 5.29. The number of likely N-dealkylation sites (N-methyl/N-ethyl adjacent to an activating group) is 1. The highest BCUT2D eigenvalue weighted by Crippen LogP contribution is 2.21. The van der Waals surface area contributed by atoms with Crippen LogP contribution >= 0.6 is 0 Å². The van der Waals surface area contributed by atoms with Crippen LogP contribution in [-0.2, 0) is 13.1 Å². The largest absolute Gasteiger partial charge is 0.325 e. The molecule has 0 amide bonds. The van der Waals surface area contributed by atoms with Crippen molar-refractivity contribution in [2.45, 2.75) is 40.8 Å². The molecular weight excluding hydrogens is 324 g/mol. The maximum atomic E-state index is 8.71. The monoisotopic (exact) mass is 352 g/mol. The van der Waals surface area contributed by atoms with Crippen LogP contribution in [0, 0.1) is 19.3 Å². The highest BCUT2D eigenvalue weighted by atomic mass is 15.2. The number of aryl methyl sites for hydroxylation is 1. The van der Waals surface area contributed by atoms with E-state index in [9.17, 15) is 0 Å². The van der Waals surface area contributed by atoms with Gasteiger partial charge in [-0.1, -0.05) is 13.8 Å². The normalized spacial score (nSPS) is 11.6. The first kappa shape index (κ1) is 18.3. The number of aromatic nitrogens is 4. The summed E-state index contributed by atoms with van der Waals surface area (Å²) in [5.74, 6) is 0. The van der Waals surface area contributed by atoms with Crippen LogP contribution in [0.15, 0.2) is 30.9 Å². The Morgan fingerprint density at radius 1 is 1.12 bits per heavy atom. The molecule has 0 saturated heterocycles. The molecule has 0 saturated carbocycles. The van der Waals surface area contributed by atoms with E-state index in [2.05, 4.69) is 42.1 Å². The summed E-state index contributed by atoms with van der Waals surface area (Å²) in [6, 6.07) is 4.05. The Morgan fingerprint density at radius 2 is 1.81 bits per heavy atom. The van der Waals surface area contributed by atoms with Gasteiger partial charge in [-0.2, -0.15) is 0 Å². The first-order valence-corrected chi connectivity index (χ1v) is 9.27. The lowest BCUT2D eigenvalue weighted by molar-refractivity contribution is 0.288. The fraction of sp³-hybridized carbons (Fsp3) is 0.450. The van der Waals surface area contributed by atoms with Gasteiger partial charge >= 0.3 is 0 Å². The lowest BCUT2D eigenvalue weighted by Gasteiger charge is -2.18. The van der Waals surface area contributed by atoms with E-state index in [0.717, 1.165) is 49.3 Å². The molecule has 0 fully saturated rings. The van der Waals surface area contributed by atoms with Crippen LogP contribution < -0.4 is 5.49 Å². The van der Waals surface area contributed by atoms with E-state index in [0.29, 0.717) is 5.49 Å². The zero-order chi connectivity index (χ0) is 18.7. The zero-order valence-electron chi connectivity index (χ0n) is 16.2. The minimum atomic E-state index is 0.552. The Labute approximate surface area is 154 Å². The first-order valence-electron chi connectivity index (χ1n) is 9.27. The summed E-state index contributed by atoms with van der Waals surface area (Å²) in [6.07, 6.45) is 5.44. The van der Waals surface area contributed by atoms with E-state index in [-0.39, 0.29) is 0 Å². The molecule has 3 heterocycles. The van der Waals surface area contributed by atoms with Crippen molar-refractivity contribution >= 4 is 11.0 Å². The predicted molar refractivity (Wildman–Crippen MR) is 104 cm³/mol. The number of hydrogen-bond acceptors (Lipinski definition) is 4. The van der Waals surface area contributed by atoms with Gasteiger partial charge in [0.25, 0.3) is 0 Å². The molecule has 138 valence electrons. The quantitative estimate of drug-likeness (QED) is 0.711. The number of hydrogen-bond donors (Lipinski definition) is 1. The minimum Gasteiger partial charge on any atom is -0.325 e. The van der Waals surface area contributed by atoms with Crippen LogP contribution in [0.2, 0.25) is 0 Å². The van der Waals surface area contributed by atoms with Crippen LogP contribution in [0.3, 0.4) is 0 Å². The van der Waals surface area contributed by atoms with E-state index < -0.39 is 0 Å². The molecule has 0 aliphatic carbocycles. The summed E-state index contributed by atoms with van der Waals surface area (Å²) in [6.45, 7) is 13.1. The average Bonchev–Trinajstić information content (AvgIpc) is 2.90. The number of pyridine rings is 1. The summed E-state index contributed by atoms with van der Waals surface area (Å²) in [5.41, 5.74) is 4.94. The molecule has 0 aromatic carbocycles. The van der Waals surface area contributed by atoms with Crippen molar-refractivity contribution in [1.82, 2.24) is 24.0 Å². The molecule has 0 bridgehead atoms. The molecule has 0 aliphatic rings. The van der Waals surface area contributed by atoms with Gasteiger partial charge in [-0.25, -0.2) is 4.98 Å². The summed E-state index contributed by atoms with van der Waals surface area (Å²) >= 11 is 0. The number of rotatable bonds is 7. The predicted octanol–water partition coefficient (Wildman–Crippen LogP) is 2.72. The third-order valence-electron chi connectivity index (χ3n) is 5.29. The van der Waals surface area contributed by atoms with Gasteiger partial charge < -0.3 is 14.0 Å². The average molecular weight is 352 g/mol. The van der Waals surface area contributed by atoms with E-state index in [1.807, 2.05) is 35.4 Å². The van der Waals surface area contributed by atoms with Crippen molar-refractivity contribution in [3.8, 4) is 0 Å². The second kappa shape index (κ2) is 7.83. The summed E-state index contributed by atoms with van der Waals surface area (Å²) in [5, 5.41) is 9.67. The van der Waals surface area contributed by atoms with E-state index in [1.165, 1.54) is 11.3 Å². The van der Waals surface area contributed by atoms with Gasteiger partial charge in [-0.15, -0.1) is 0 Å². The Bertz CT molecular complexity index is 934. The van der Waals surface area contributed by atoms with Crippen LogP contribution in [0.1, 0.15) is 30.7 Å². The lowest BCUT2D eigenvalue weighted by Crippen LogP contribution is -2.31. The van der Waals surface area contributed by atoms with Crippen molar-refractivity contribution in [3.05, 3.63) is 53.2 Å². The summed E-state index contributed by atoms with van der Waals surface area (Å²) < 4.78 is 4.16. The molecule has 0 spiro atoms. The number of nitrogens with one attached hydrogen (secondary N) is 1. The minimum absolute atomic E-state index is 0.552. The second-order valence-electron chi connectivity index (χ2n) is 6.66. The summed E-state index contributed by atoms with van der Waals surface area (Å²) in [4.78, 5) is 11.2. The zero-order valence-corrected chi connectivity index (χ0v) is 16.2. The Kier molecular flexibility index (Phi) is 5.52. The van der Waals surface area contributed by atoms with Crippen LogP contribution in [0.5, 0.6) is 0 Å². The van der Waals surface area contributed by atoms with Crippen molar-refractivity contribution in [3.63, 3.8) is 0 Å². The van der Waals surface area contributed by atoms with Gasteiger partial charge in [-0.05, 0) is 50.2 Å². The van der Waals surface area contributed by atoms with Crippen LogP contribution in [0.4, 0.5) is 0 Å². The standard InChI is InChI=1S/C20H28N6/c1-5-24(6-2)11-12-25-14-23-20-18(19(25)21)15(3)16(4)26(20)13-17-7-9-22-10-8-17/h7-10,14,21H,5-6,11-13H2,1-4H3. The van der Waals surface area contributed by atoms with Crippen molar-refractivity contribution in [2.24, 2.45) is 0 Å². The maximum Gasteiger partial charge on any atom is 0.146 e. The topological polar surface area (TPSA) is 62.7 Å². The Hall–Kier alpha value is -2.47.